The minimum absolute atomic E-state index is 0.0245. The number of anilines is 1. The Morgan fingerprint density at radius 3 is 2.54 bits per heavy atom. The van der Waals surface area contributed by atoms with Gasteiger partial charge in [0.2, 0.25) is 0 Å². The third kappa shape index (κ3) is 5.08. The van der Waals surface area contributed by atoms with Gasteiger partial charge in [0, 0.05) is 8.95 Å². The Labute approximate surface area is 160 Å². The van der Waals surface area contributed by atoms with Gasteiger partial charge in [-0.25, -0.2) is 0 Å². The van der Waals surface area contributed by atoms with E-state index in [1.165, 1.54) is 5.56 Å². The van der Waals surface area contributed by atoms with Crippen LogP contribution in [0.5, 0.6) is 5.75 Å². The number of hydrogen-bond acceptors (Lipinski definition) is 2. The van der Waals surface area contributed by atoms with E-state index in [1.807, 2.05) is 36.4 Å². The van der Waals surface area contributed by atoms with Crippen LogP contribution >= 0.6 is 31.9 Å². The number of benzene rings is 2. The highest BCUT2D eigenvalue weighted by molar-refractivity contribution is 9.10. The summed E-state index contributed by atoms with van der Waals surface area (Å²) in [5.74, 6) is 0.873. The molecule has 128 valence electrons. The monoisotopic (exact) mass is 453 g/mol. The van der Waals surface area contributed by atoms with E-state index in [0.29, 0.717) is 5.92 Å². The van der Waals surface area contributed by atoms with Gasteiger partial charge in [-0.15, -0.1) is 0 Å². The van der Waals surface area contributed by atoms with Crippen LogP contribution in [0, 0.1) is 0 Å². The van der Waals surface area contributed by atoms with Gasteiger partial charge in [0.15, 0.2) is 6.61 Å². The minimum atomic E-state index is -0.183. The van der Waals surface area contributed by atoms with Crippen LogP contribution in [0.2, 0.25) is 0 Å². The van der Waals surface area contributed by atoms with Gasteiger partial charge >= 0.3 is 0 Å². The average molecular weight is 455 g/mol. The van der Waals surface area contributed by atoms with Crippen molar-refractivity contribution < 1.29 is 9.53 Å². The summed E-state index contributed by atoms with van der Waals surface area (Å²) in [7, 11) is 0. The molecule has 5 heteroatoms. The van der Waals surface area contributed by atoms with Gasteiger partial charge in [0.05, 0.1) is 5.69 Å². The zero-order valence-electron chi connectivity index (χ0n) is 14.0. The number of amides is 1. The summed E-state index contributed by atoms with van der Waals surface area (Å²) in [5.41, 5.74) is 3.04. The van der Waals surface area contributed by atoms with E-state index in [9.17, 15) is 4.79 Å². The number of rotatable bonds is 6. The molecule has 0 spiro atoms. The van der Waals surface area contributed by atoms with Gasteiger partial charge in [-0.2, -0.15) is 0 Å². The van der Waals surface area contributed by atoms with Gasteiger partial charge in [-0.3, -0.25) is 4.79 Å². The van der Waals surface area contributed by atoms with Crippen LogP contribution in [0.3, 0.4) is 0 Å². The van der Waals surface area contributed by atoms with Crippen LogP contribution in [0.15, 0.2) is 45.3 Å². The number of carbonyl (C=O) groups excluding carboxylic acids is 1. The predicted molar refractivity (Wildman–Crippen MR) is 106 cm³/mol. The summed E-state index contributed by atoms with van der Waals surface area (Å²) >= 11 is 6.96. The fourth-order valence-corrected chi connectivity index (χ4v) is 3.22. The predicted octanol–water partition coefficient (Wildman–Crippen LogP) is 5.91. The molecule has 0 aromatic heterocycles. The smallest absolute Gasteiger partial charge is 0.262 e. The lowest BCUT2D eigenvalue weighted by atomic mass is 10.0. The summed E-state index contributed by atoms with van der Waals surface area (Å²) in [5, 5.41) is 2.87. The van der Waals surface area contributed by atoms with E-state index in [2.05, 4.69) is 57.9 Å². The molecule has 0 aliphatic heterocycles. The summed E-state index contributed by atoms with van der Waals surface area (Å²) < 4.78 is 7.60. The fourth-order valence-electron chi connectivity index (χ4n) is 2.31. The first kappa shape index (κ1) is 19.0. The molecule has 0 radical (unpaired) electrons. The number of carbonyl (C=O) groups is 1. The van der Waals surface area contributed by atoms with Crippen molar-refractivity contribution in [1.29, 1.82) is 0 Å². The lowest BCUT2D eigenvalue weighted by molar-refractivity contribution is -0.118. The highest BCUT2D eigenvalue weighted by Gasteiger charge is 2.11. The van der Waals surface area contributed by atoms with E-state index in [0.717, 1.165) is 32.4 Å². The van der Waals surface area contributed by atoms with Crippen molar-refractivity contribution in [3.8, 4) is 5.75 Å². The van der Waals surface area contributed by atoms with Crippen molar-refractivity contribution in [2.45, 2.75) is 33.1 Å². The molecule has 1 amide bonds. The quantitative estimate of drug-likeness (QED) is 0.588. The fraction of sp³-hybridized carbons (Fsp3) is 0.316. The lowest BCUT2D eigenvalue weighted by Crippen LogP contribution is -2.20. The first-order chi connectivity index (χ1) is 11.4. The number of ether oxygens (including phenoxy) is 1. The maximum atomic E-state index is 12.2. The number of hydrogen-bond donors (Lipinski definition) is 1. The Balaban J connectivity index is 2.01. The Kier molecular flexibility index (Phi) is 6.87. The zero-order valence-corrected chi connectivity index (χ0v) is 17.2. The summed E-state index contributed by atoms with van der Waals surface area (Å²) in [6, 6.07) is 11.8. The number of nitrogens with one attached hydrogen (secondary N) is 1. The molecule has 2 aromatic carbocycles. The second-order valence-electron chi connectivity index (χ2n) is 5.84. The number of aryl methyl sites for hydroxylation is 1. The molecule has 0 unspecified atom stereocenters. The van der Waals surface area contributed by atoms with Gasteiger partial charge < -0.3 is 10.1 Å². The molecular weight excluding hydrogens is 434 g/mol. The second kappa shape index (κ2) is 8.67. The third-order valence-corrected chi connectivity index (χ3v) is 4.82. The van der Waals surface area contributed by atoms with Gasteiger partial charge in [-0.05, 0) is 69.7 Å². The molecule has 0 bridgehead atoms. The molecule has 0 saturated heterocycles. The van der Waals surface area contributed by atoms with Gasteiger partial charge in [-0.1, -0.05) is 42.8 Å². The highest BCUT2D eigenvalue weighted by atomic mass is 79.9. The van der Waals surface area contributed by atoms with E-state index in [4.69, 9.17) is 4.74 Å². The van der Waals surface area contributed by atoms with Gasteiger partial charge in [0.1, 0.15) is 5.75 Å². The molecule has 0 aliphatic rings. The summed E-state index contributed by atoms with van der Waals surface area (Å²) in [4.78, 5) is 12.2. The Morgan fingerprint density at radius 2 is 1.92 bits per heavy atom. The van der Waals surface area contributed by atoms with Crippen molar-refractivity contribution >= 4 is 43.5 Å². The minimum Gasteiger partial charge on any atom is -0.483 e. The van der Waals surface area contributed by atoms with Crippen LogP contribution in [0.4, 0.5) is 5.69 Å². The lowest BCUT2D eigenvalue weighted by Gasteiger charge is -2.15. The first-order valence-corrected chi connectivity index (χ1v) is 9.49. The van der Waals surface area contributed by atoms with E-state index in [1.54, 1.807) is 0 Å². The molecular formula is C19H21Br2NO2. The molecule has 24 heavy (non-hydrogen) atoms. The number of halogens is 2. The van der Waals surface area contributed by atoms with Crippen molar-refractivity contribution in [3.63, 3.8) is 0 Å². The molecule has 1 N–H and O–H groups in total. The molecule has 0 fully saturated rings. The average Bonchev–Trinajstić information content (AvgIpc) is 2.55. The van der Waals surface area contributed by atoms with Crippen molar-refractivity contribution in [2.24, 2.45) is 0 Å². The second-order valence-corrected chi connectivity index (χ2v) is 7.61. The largest absolute Gasteiger partial charge is 0.483 e. The highest BCUT2D eigenvalue weighted by Crippen LogP contribution is 2.29. The van der Waals surface area contributed by atoms with Crippen LogP contribution in [0.1, 0.15) is 37.8 Å². The Bertz CT molecular complexity index is 729. The SMILES string of the molecule is CCc1ccc(NC(=O)COc2ccc(Br)cc2C(C)C)c(Br)c1. The van der Waals surface area contributed by atoms with Crippen LogP contribution in [-0.4, -0.2) is 12.5 Å². The molecule has 0 saturated carbocycles. The van der Waals surface area contributed by atoms with Crippen LogP contribution in [0.25, 0.3) is 0 Å². The standard InChI is InChI=1S/C19H21Br2NO2/c1-4-13-5-7-17(16(21)9-13)22-19(23)11-24-18-8-6-14(20)10-15(18)12(2)3/h5-10,12H,4,11H2,1-3H3,(H,22,23). The summed E-state index contributed by atoms with van der Waals surface area (Å²) in [6.07, 6.45) is 0.956. The van der Waals surface area contributed by atoms with Crippen molar-refractivity contribution in [3.05, 3.63) is 56.5 Å². The summed E-state index contributed by atoms with van der Waals surface area (Å²) in [6.45, 7) is 6.27. The van der Waals surface area contributed by atoms with E-state index in [-0.39, 0.29) is 12.5 Å². The van der Waals surface area contributed by atoms with Crippen molar-refractivity contribution in [1.82, 2.24) is 0 Å². The van der Waals surface area contributed by atoms with Crippen LogP contribution < -0.4 is 10.1 Å². The van der Waals surface area contributed by atoms with E-state index >= 15 is 0 Å². The molecule has 0 heterocycles. The molecule has 0 atom stereocenters. The van der Waals surface area contributed by atoms with Crippen molar-refractivity contribution in [2.75, 3.05) is 11.9 Å². The molecule has 0 aliphatic carbocycles. The van der Waals surface area contributed by atoms with Gasteiger partial charge in [0.25, 0.3) is 5.91 Å². The first-order valence-electron chi connectivity index (χ1n) is 7.91. The third-order valence-electron chi connectivity index (χ3n) is 3.67. The normalized spacial score (nSPS) is 10.8. The van der Waals surface area contributed by atoms with Crippen LogP contribution in [-0.2, 0) is 11.2 Å². The molecule has 2 rings (SSSR count). The zero-order chi connectivity index (χ0) is 17.7. The topological polar surface area (TPSA) is 38.3 Å². The molecule has 3 nitrogen and oxygen atoms in total. The van der Waals surface area contributed by atoms with E-state index < -0.39 is 0 Å². The maximum Gasteiger partial charge on any atom is 0.262 e. The molecule has 2 aromatic rings. The Hall–Kier alpha value is -1.33. The Morgan fingerprint density at radius 1 is 1.17 bits per heavy atom. The maximum absolute atomic E-state index is 12.2.